The molecule has 160 valence electrons. The fourth-order valence-corrected chi connectivity index (χ4v) is 4.88. The lowest BCUT2D eigenvalue weighted by atomic mass is 9.73. The van der Waals surface area contributed by atoms with Gasteiger partial charge in [-0.25, -0.2) is 4.98 Å². The van der Waals surface area contributed by atoms with E-state index in [4.69, 9.17) is 5.73 Å². The summed E-state index contributed by atoms with van der Waals surface area (Å²) in [5.41, 5.74) is 6.42. The lowest BCUT2D eigenvalue weighted by Crippen LogP contribution is -2.60. The lowest BCUT2D eigenvalue weighted by Gasteiger charge is -2.51. The van der Waals surface area contributed by atoms with E-state index >= 15 is 0 Å². The zero-order valence-corrected chi connectivity index (χ0v) is 17.4. The molecule has 0 spiro atoms. The molecule has 0 amide bonds. The Bertz CT molecular complexity index is 946. The van der Waals surface area contributed by atoms with Crippen molar-refractivity contribution in [2.45, 2.75) is 39.3 Å². The van der Waals surface area contributed by atoms with E-state index < -0.39 is 11.7 Å². The summed E-state index contributed by atoms with van der Waals surface area (Å²) in [6.45, 7) is 6.32. The highest BCUT2D eigenvalue weighted by molar-refractivity contribution is 6.14. The summed E-state index contributed by atoms with van der Waals surface area (Å²) < 4.78 is 45.8. The first-order valence-electron chi connectivity index (χ1n) is 10.5. The SMILES string of the molecule is CC(C)CC1(CN)CN(c2ccc(C(F)(F)F)c(C3=[N+]=CCC4CC=CC=C34)n2)C1. The van der Waals surface area contributed by atoms with Crippen molar-refractivity contribution >= 4 is 17.7 Å². The highest BCUT2D eigenvalue weighted by Gasteiger charge is 2.45. The van der Waals surface area contributed by atoms with Crippen LogP contribution < -0.4 is 15.3 Å². The van der Waals surface area contributed by atoms with Crippen molar-refractivity contribution in [1.29, 1.82) is 0 Å². The van der Waals surface area contributed by atoms with Crippen molar-refractivity contribution in [1.82, 2.24) is 9.65 Å². The summed E-state index contributed by atoms with van der Waals surface area (Å²) in [5, 5.41) is 0. The fourth-order valence-electron chi connectivity index (χ4n) is 4.88. The van der Waals surface area contributed by atoms with E-state index in [9.17, 15) is 13.2 Å². The summed E-state index contributed by atoms with van der Waals surface area (Å²) in [7, 11) is 0. The number of anilines is 1. The lowest BCUT2D eigenvalue weighted by molar-refractivity contribution is -0.137. The van der Waals surface area contributed by atoms with Gasteiger partial charge in [-0.2, -0.15) is 13.2 Å². The van der Waals surface area contributed by atoms with Crippen LogP contribution in [0.25, 0.3) is 0 Å². The number of hydrogen-bond acceptors (Lipinski definition) is 3. The fraction of sp³-hybridized carbons (Fsp3) is 0.522. The molecule has 3 aliphatic rings. The smallest absolute Gasteiger partial charge is 0.355 e. The second kappa shape index (κ2) is 7.71. The molecule has 0 saturated carbocycles. The van der Waals surface area contributed by atoms with Gasteiger partial charge in [0.15, 0.2) is 5.69 Å². The molecule has 1 unspecified atom stereocenters. The minimum atomic E-state index is -4.49. The van der Waals surface area contributed by atoms with Crippen molar-refractivity contribution in [3.05, 3.63) is 47.2 Å². The van der Waals surface area contributed by atoms with E-state index in [0.717, 1.165) is 30.9 Å². The zero-order valence-electron chi connectivity index (χ0n) is 17.4. The third-order valence-corrected chi connectivity index (χ3v) is 6.22. The van der Waals surface area contributed by atoms with Gasteiger partial charge in [0.2, 0.25) is 0 Å². The second-order valence-corrected chi connectivity index (χ2v) is 9.10. The maximum atomic E-state index is 13.8. The molecule has 4 rings (SSSR count). The van der Waals surface area contributed by atoms with Gasteiger partial charge in [0.25, 0.3) is 6.21 Å². The Hall–Kier alpha value is -2.37. The Labute approximate surface area is 175 Å². The summed E-state index contributed by atoms with van der Waals surface area (Å²) in [6, 6.07) is 2.62. The van der Waals surface area contributed by atoms with Crippen LogP contribution in [0.2, 0.25) is 0 Å². The van der Waals surface area contributed by atoms with Gasteiger partial charge >= 0.3 is 11.9 Å². The summed E-state index contributed by atoms with van der Waals surface area (Å²) in [6.07, 6.45) is 5.58. The number of alkyl halides is 3. The van der Waals surface area contributed by atoms with Crippen LogP contribution in [0.15, 0.2) is 35.9 Å². The average molecular weight is 417 g/mol. The molecule has 1 aromatic heterocycles. The van der Waals surface area contributed by atoms with Crippen molar-refractivity contribution in [3.8, 4) is 0 Å². The molecular weight excluding hydrogens is 389 g/mol. The second-order valence-electron chi connectivity index (χ2n) is 9.10. The molecule has 1 saturated heterocycles. The molecular formula is C23H28F3N4+. The maximum Gasteiger partial charge on any atom is 0.418 e. The molecule has 0 radical (unpaired) electrons. The number of nitrogens with zero attached hydrogens (tertiary/aromatic N) is 3. The van der Waals surface area contributed by atoms with Crippen LogP contribution in [-0.2, 0) is 6.18 Å². The number of allylic oxidation sites excluding steroid dienone is 4. The van der Waals surface area contributed by atoms with E-state index in [0.29, 0.717) is 37.1 Å². The molecule has 4 nitrogen and oxygen atoms in total. The molecule has 0 aromatic carbocycles. The number of hydrogen-bond donors (Lipinski definition) is 1. The molecule has 1 fully saturated rings. The number of nitrogens with two attached hydrogens (primary N) is 1. The number of halogens is 3. The van der Waals surface area contributed by atoms with Gasteiger partial charge < -0.3 is 10.6 Å². The predicted molar refractivity (Wildman–Crippen MR) is 115 cm³/mol. The minimum Gasteiger partial charge on any atom is -0.355 e. The van der Waals surface area contributed by atoms with Gasteiger partial charge in [0.05, 0.1) is 12.0 Å². The molecule has 1 atom stereocenters. The van der Waals surface area contributed by atoms with Crippen LogP contribution in [0, 0.1) is 17.3 Å². The molecule has 0 bridgehead atoms. The number of aromatic nitrogens is 1. The van der Waals surface area contributed by atoms with Gasteiger partial charge in [-0.05, 0) is 30.9 Å². The summed E-state index contributed by atoms with van der Waals surface area (Å²) in [4.78, 5) is 6.53. The van der Waals surface area contributed by atoms with Crippen molar-refractivity contribution in [2.24, 2.45) is 23.0 Å². The Morgan fingerprint density at radius 2 is 2.03 bits per heavy atom. The highest BCUT2D eigenvalue weighted by Crippen LogP contribution is 2.40. The largest absolute Gasteiger partial charge is 0.418 e. The molecule has 30 heavy (non-hydrogen) atoms. The minimum absolute atomic E-state index is 0.0105. The van der Waals surface area contributed by atoms with E-state index in [-0.39, 0.29) is 17.0 Å². The Morgan fingerprint density at radius 1 is 1.27 bits per heavy atom. The zero-order chi connectivity index (χ0) is 21.5. The third kappa shape index (κ3) is 3.84. The van der Waals surface area contributed by atoms with E-state index in [2.05, 4.69) is 23.5 Å². The van der Waals surface area contributed by atoms with Crippen LogP contribution in [-0.4, -0.2) is 36.5 Å². The first kappa shape index (κ1) is 20.9. The van der Waals surface area contributed by atoms with Crippen molar-refractivity contribution in [3.63, 3.8) is 0 Å². The first-order chi connectivity index (χ1) is 14.2. The van der Waals surface area contributed by atoms with Gasteiger partial charge in [-0.1, -0.05) is 36.7 Å². The van der Waals surface area contributed by atoms with Gasteiger partial charge in [-0.15, -0.1) is 0 Å². The molecule has 1 aromatic rings. The van der Waals surface area contributed by atoms with E-state index in [1.165, 1.54) is 6.07 Å². The van der Waals surface area contributed by atoms with Crippen LogP contribution in [0.4, 0.5) is 19.0 Å². The maximum absolute atomic E-state index is 13.8. The monoisotopic (exact) mass is 417 g/mol. The molecule has 2 aliphatic heterocycles. The summed E-state index contributed by atoms with van der Waals surface area (Å²) in [5.74, 6) is 1.23. The van der Waals surface area contributed by atoms with Gasteiger partial charge in [0.1, 0.15) is 5.82 Å². The summed E-state index contributed by atoms with van der Waals surface area (Å²) >= 11 is 0. The number of rotatable bonds is 5. The van der Waals surface area contributed by atoms with Gasteiger partial charge in [0, 0.05) is 36.5 Å². The normalized spacial score (nSPS) is 22.5. The number of pyridine rings is 1. The molecule has 2 N–H and O–H groups in total. The highest BCUT2D eigenvalue weighted by atomic mass is 19.4. The molecule has 7 heteroatoms. The van der Waals surface area contributed by atoms with Crippen molar-refractivity contribution < 1.29 is 13.2 Å². The predicted octanol–water partition coefficient (Wildman–Crippen LogP) is 3.74. The standard InChI is InChI=1S/C23H28F3N4/c1-15(2)11-22(12-27)13-30(14-22)19-8-7-18(23(24,25)26)21(29-19)20-17-6-4-3-5-16(17)9-10-28-20/h3-4,6-8,10,15-16H,5,9,11-14,27H2,1-2H3/q+1. The molecule has 1 aliphatic carbocycles. The quantitative estimate of drug-likeness (QED) is 0.743. The Morgan fingerprint density at radius 3 is 2.70 bits per heavy atom. The topological polar surface area (TPSA) is 56.2 Å². The third-order valence-electron chi connectivity index (χ3n) is 6.22. The van der Waals surface area contributed by atoms with E-state index in [1.807, 2.05) is 23.1 Å². The van der Waals surface area contributed by atoms with Crippen LogP contribution in [0.5, 0.6) is 0 Å². The first-order valence-corrected chi connectivity index (χ1v) is 10.5. The molecule has 3 heterocycles. The van der Waals surface area contributed by atoms with Crippen LogP contribution >= 0.6 is 0 Å². The van der Waals surface area contributed by atoms with E-state index in [1.54, 1.807) is 6.21 Å². The Kier molecular flexibility index (Phi) is 5.37. The van der Waals surface area contributed by atoms with Gasteiger partial charge in [-0.3, -0.25) is 0 Å². The van der Waals surface area contributed by atoms with Crippen LogP contribution in [0.1, 0.15) is 44.4 Å². The van der Waals surface area contributed by atoms with Crippen molar-refractivity contribution in [2.75, 3.05) is 24.5 Å². The Balaban J connectivity index is 1.71. The number of fused-ring (bicyclic) bond motifs is 1. The average Bonchev–Trinajstić information content (AvgIpc) is 2.68. The van der Waals surface area contributed by atoms with Crippen LogP contribution in [0.3, 0.4) is 0 Å².